The highest BCUT2D eigenvalue weighted by atomic mass is 19.4. The molecule has 52 heavy (non-hydrogen) atoms. The number of fused-ring (bicyclic) bond motifs is 1. The van der Waals surface area contributed by atoms with Crippen molar-refractivity contribution < 1.29 is 52.7 Å². The maximum atomic E-state index is 13.5. The first-order valence-corrected chi connectivity index (χ1v) is 15.1. The predicted molar refractivity (Wildman–Crippen MR) is 173 cm³/mol. The van der Waals surface area contributed by atoms with Gasteiger partial charge in [-0.3, -0.25) is 0 Å². The minimum absolute atomic E-state index is 0.146. The number of alkyl halides is 12. The van der Waals surface area contributed by atoms with Gasteiger partial charge in [-0.05, 0) is 109 Å². The minimum atomic E-state index is -4.67. The Hall–Kier alpha value is -5.66. The van der Waals surface area contributed by atoms with Crippen molar-refractivity contribution in [1.29, 1.82) is 0 Å². The summed E-state index contributed by atoms with van der Waals surface area (Å²) >= 11 is 0. The summed E-state index contributed by atoms with van der Waals surface area (Å²) in [5, 5.41) is 0.784. The SMILES string of the molecule is FC(F)(F)c1ccc(N(c2ccc(C(F)(F)F)cc2)c2ccc(N(c3ccc(C(F)(F)F)cc3)c3ccc(C(F)(F)F)cc3)c3ccccc23)cc1. The van der Waals surface area contributed by atoms with Crippen LogP contribution in [0.3, 0.4) is 0 Å². The highest BCUT2D eigenvalue weighted by Crippen LogP contribution is 2.47. The zero-order valence-corrected chi connectivity index (χ0v) is 26.1. The van der Waals surface area contributed by atoms with E-state index in [1.165, 1.54) is 21.9 Å². The van der Waals surface area contributed by atoms with Gasteiger partial charge < -0.3 is 9.80 Å². The molecule has 6 rings (SSSR count). The Morgan fingerprint density at radius 3 is 0.673 bits per heavy atom. The number of benzene rings is 6. The van der Waals surface area contributed by atoms with Crippen LogP contribution in [0.25, 0.3) is 10.8 Å². The van der Waals surface area contributed by atoms with Crippen molar-refractivity contribution >= 4 is 44.9 Å². The summed E-state index contributed by atoms with van der Waals surface area (Å²) < 4.78 is 161. The van der Waals surface area contributed by atoms with E-state index in [9.17, 15) is 52.7 Å². The molecule has 0 unspecified atom stereocenters. The van der Waals surface area contributed by atoms with Crippen molar-refractivity contribution in [2.45, 2.75) is 24.7 Å². The summed E-state index contributed by atoms with van der Waals surface area (Å²) in [4.78, 5) is 2.88. The summed E-state index contributed by atoms with van der Waals surface area (Å²) in [7, 11) is 0. The Balaban J connectivity index is 1.56. The van der Waals surface area contributed by atoms with Gasteiger partial charge in [0, 0.05) is 33.5 Å². The van der Waals surface area contributed by atoms with Crippen LogP contribution in [0.15, 0.2) is 133 Å². The molecule has 0 amide bonds. The van der Waals surface area contributed by atoms with Crippen LogP contribution in [-0.2, 0) is 24.7 Å². The van der Waals surface area contributed by atoms with Gasteiger partial charge in [0.05, 0.1) is 33.6 Å². The fraction of sp³-hybridized carbons (Fsp3) is 0.105. The second-order valence-electron chi connectivity index (χ2n) is 11.5. The normalized spacial score (nSPS) is 12.6. The Morgan fingerprint density at radius 1 is 0.269 bits per heavy atom. The van der Waals surface area contributed by atoms with E-state index in [-0.39, 0.29) is 22.7 Å². The van der Waals surface area contributed by atoms with Gasteiger partial charge in [0.1, 0.15) is 0 Å². The van der Waals surface area contributed by atoms with E-state index in [1.54, 1.807) is 24.3 Å². The summed E-state index contributed by atoms with van der Waals surface area (Å²) in [5.74, 6) is 0. The van der Waals surface area contributed by atoms with Gasteiger partial charge in [0.2, 0.25) is 0 Å². The zero-order chi connectivity index (χ0) is 37.6. The van der Waals surface area contributed by atoms with Crippen LogP contribution in [0.5, 0.6) is 0 Å². The van der Waals surface area contributed by atoms with Crippen LogP contribution in [-0.4, -0.2) is 0 Å². The Labute approximate surface area is 287 Å². The molecular weight excluding hydrogens is 712 g/mol. The predicted octanol–water partition coefficient (Wildman–Crippen LogP) is 13.9. The second kappa shape index (κ2) is 13.1. The second-order valence-corrected chi connectivity index (χ2v) is 11.5. The van der Waals surface area contributed by atoms with E-state index < -0.39 is 47.0 Å². The van der Waals surface area contributed by atoms with Gasteiger partial charge in [-0.1, -0.05) is 24.3 Å². The third-order valence-electron chi connectivity index (χ3n) is 8.17. The zero-order valence-electron chi connectivity index (χ0n) is 26.1. The van der Waals surface area contributed by atoms with E-state index >= 15 is 0 Å². The number of nitrogens with zero attached hydrogens (tertiary/aromatic N) is 2. The molecular formula is C38H22F12N2. The molecule has 6 aromatic rings. The van der Waals surface area contributed by atoms with Crippen LogP contribution in [0, 0.1) is 0 Å². The molecule has 0 radical (unpaired) electrons. The third kappa shape index (κ3) is 7.37. The molecule has 0 aliphatic rings. The van der Waals surface area contributed by atoms with Crippen molar-refractivity contribution in [3.8, 4) is 0 Å². The Morgan fingerprint density at radius 2 is 0.481 bits per heavy atom. The minimum Gasteiger partial charge on any atom is -0.310 e. The standard InChI is InChI=1S/C38H22F12N2/c39-35(40,41)23-5-13-27(14-6-23)51(28-15-7-24(8-16-28)36(42,43)44)33-21-22-34(32-4-2-1-3-31(32)33)52(29-17-9-25(10-18-29)37(45,46)47)30-19-11-26(12-20-30)38(48,49)50/h1-22H. The number of anilines is 6. The summed E-state index contributed by atoms with van der Waals surface area (Å²) in [6.45, 7) is 0. The van der Waals surface area contributed by atoms with Crippen LogP contribution < -0.4 is 9.80 Å². The van der Waals surface area contributed by atoms with Crippen molar-refractivity contribution in [1.82, 2.24) is 0 Å². The first-order chi connectivity index (χ1) is 24.3. The summed E-state index contributed by atoms with van der Waals surface area (Å²) in [6, 6.07) is 25.3. The lowest BCUT2D eigenvalue weighted by Gasteiger charge is -2.31. The molecule has 0 atom stereocenters. The van der Waals surface area contributed by atoms with Gasteiger partial charge in [-0.25, -0.2) is 0 Å². The number of hydrogen-bond donors (Lipinski definition) is 0. The van der Waals surface area contributed by atoms with Gasteiger partial charge in [-0.15, -0.1) is 0 Å². The number of rotatable bonds is 6. The molecule has 2 nitrogen and oxygen atoms in total. The summed E-state index contributed by atoms with van der Waals surface area (Å²) in [5.41, 5.74) is -2.69. The van der Waals surface area contributed by atoms with E-state index in [1.807, 2.05) is 0 Å². The average molecular weight is 735 g/mol. The lowest BCUT2D eigenvalue weighted by atomic mass is 10.0. The van der Waals surface area contributed by atoms with Gasteiger partial charge in [0.15, 0.2) is 0 Å². The first kappa shape index (κ1) is 36.1. The van der Waals surface area contributed by atoms with Crippen molar-refractivity contribution in [2.75, 3.05) is 9.80 Å². The molecule has 268 valence electrons. The third-order valence-corrected chi connectivity index (χ3v) is 8.17. The van der Waals surface area contributed by atoms with Crippen LogP contribution in [0.2, 0.25) is 0 Å². The lowest BCUT2D eigenvalue weighted by Crippen LogP contribution is -2.15. The Kier molecular flexibility index (Phi) is 9.14. The van der Waals surface area contributed by atoms with E-state index in [4.69, 9.17) is 0 Å². The highest BCUT2D eigenvalue weighted by molar-refractivity contribution is 6.07. The number of hydrogen-bond acceptors (Lipinski definition) is 2. The van der Waals surface area contributed by atoms with Crippen LogP contribution in [0.4, 0.5) is 86.8 Å². The molecule has 0 aliphatic heterocycles. The van der Waals surface area contributed by atoms with Crippen LogP contribution in [0.1, 0.15) is 22.3 Å². The molecule has 14 heteroatoms. The summed E-state index contributed by atoms with van der Waals surface area (Å²) in [6.07, 6.45) is -18.7. The van der Waals surface area contributed by atoms with E-state index in [2.05, 4.69) is 0 Å². The molecule has 0 spiro atoms. The first-order valence-electron chi connectivity index (χ1n) is 15.1. The monoisotopic (exact) mass is 734 g/mol. The molecule has 0 aliphatic carbocycles. The molecule has 6 aromatic carbocycles. The number of halogens is 12. The molecule has 0 fully saturated rings. The fourth-order valence-corrected chi connectivity index (χ4v) is 5.71. The molecule has 0 saturated heterocycles. The molecule has 0 bridgehead atoms. The molecule has 0 aromatic heterocycles. The van der Waals surface area contributed by atoms with Gasteiger partial charge in [-0.2, -0.15) is 52.7 Å². The van der Waals surface area contributed by atoms with Crippen molar-refractivity contribution in [2.24, 2.45) is 0 Å². The largest absolute Gasteiger partial charge is 0.416 e. The van der Waals surface area contributed by atoms with E-state index in [0.717, 1.165) is 97.1 Å². The molecule has 0 heterocycles. The molecule has 0 saturated carbocycles. The topological polar surface area (TPSA) is 6.48 Å². The lowest BCUT2D eigenvalue weighted by molar-refractivity contribution is -0.138. The Bertz CT molecular complexity index is 1890. The smallest absolute Gasteiger partial charge is 0.310 e. The van der Waals surface area contributed by atoms with E-state index in [0.29, 0.717) is 22.1 Å². The van der Waals surface area contributed by atoms with Gasteiger partial charge >= 0.3 is 24.7 Å². The maximum Gasteiger partial charge on any atom is 0.416 e. The fourth-order valence-electron chi connectivity index (χ4n) is 5.71. The van der Waals surface area contributed by atoms with Crippen molar-refractivity contribution in [3.63, 3.8) is 0 Å². The molecule has 0 N–H and O–H groups in total. The van der Waals surface area contributed by atoms with Crippen LogP contribution >= 0.6 is 0 Å². The average Bonchev–Trinajstić information content (AvgIpc) is 3.08. The maximum absolute atomic E-state index is 13.5. The quantitative estimate of drug-likeness (QED) is 0.157. The van der Waals surface area contributed by atoms with Gasteiger partial charge in [0.25, 0.3) is 0 Å². The van der Waals surface area contributed by atoms with Crippen molar-refractivity contribution in [3.05, 3.63) is 156 Å². The highest BCUT2D eigenvalue weighted by Gasteiger charge is 2.34.